The molecule has 0 saturated carbocycles. The molecule has 0 radical (unpaired) electrons. The van der Waals surface area contributed by atoms with Crippen LogP contribution in [0.15, 0.2) is 18.2 Å². The second-order valence-corrected chi connectivity index (χ2v) is 4.79. The second kappa shape index (κ2) is 5.26. The number of benzene rings is 1. The van der Waals surface area contributed by atoms with Gasteiger partial charge in [-0.1, -0.05) is 12.1 Å². The fraction of sp³-hybridized carbons (Fsp3) is 0.333. The van der Waals surface area contributed by atoms with Crippen LogP contribution >= 0.6 is 0 Å². The van der Waals surface area contributed by atoms with E-state index < -0.39 is 0 Å². The van der Waals surface area contributed by atoms with Crippen molar-refractivity contribution in [3.8, 4) is 5.75 Å². The average molecular weight is 257 g/mol. The highest BCUT2D eigenvalue weighted by Gasteiger charge is 2.08. The van der Waals surface area contributed by atoms with E-state index >= 15 is 0 Å². The molecular formula is C15H19N3O. The van der Waals surface area contributed by atoms with Crippen molar-refractivity contribution in [1.29, 1.82) is 0 Å². The predicted molar refractivity (Wildman–Crippen MR) is 76.2 cm³/mol. The molecule has 1 heterocycles. The van der Waals surface area contributed by atoms with Crippen LogP contribution in [-0.4, -0.2) is 9.97 Å². The van der Waals surface area contributed by atoms with Gasteiger partial charge in [-0.3, -0.25) is 0 Å². The molecule has 4 nitrogen and oxygen atoms in total. The van der Waals surface area contributed by atoms with Gasteiger partial charge in [0.05, 0.1) is 0 Å². The molecule has 2 rings (SSSR count). The number of aromatic nitrogens is 2. The Morgan fingerprint density at radius 1 is 1.05 bits per heavy atom. The van der Waals surface area contributed by atoms with E-state index in [4.69, 9.17) is 10.5 Å². The topological polar surface area (TPSA) is 61.0 Å². The van der Waals surface area contributed by atoms with E-state index in [2.05, 4.69) is 35.9 Å². The highest BCUT2D eigenvalue weighted by molar-refractivity contribution is 5.44. The van der Waals surface area contributed by atoms with Gasteiger partial charge in [0, 0.05) is 11.8 Å². The van der Waals surface area contributed by atoms with Crippen molar-refractivity contribution >= 4 is 5.82 Å². The van der Waals surface area contributed by atoms with E-state index in [0.29, 0.717) is 18.2 Å². The number of nitrogens with zero attached hydrogens (tertiary/aromatic N) is 2. The standard InChI is InChI=1S/C15H19N3O/c1-9-5-6-10(2)15(12(9)4)19-8-14-17-11(3)7-13(16)18-14/h5-7H,8H2,1-4H3,(H2,16,17,18). The van der Waals surface area contributed by atoms with E-state index in [1.165, 1.54) is 5.56 Å². The molecule has 0 unspecified atom stereocenters. The largest absolute Gasteiger partial charge is 0.485 e. The summed E-state index contributed by atoms with van der Waals surface area (Å²) in [6, 6.07) is 5.90. The van der Waals surface area contributed by atoms with Crippen LogP contribution in [0.25, 0.3) is 0 Å². The van der Waals surface area contributed by atoms with Crippen LogP contribution in [0.5, 0.6) is 5.75 Å². The van der Waals surface area contributed by atoms with Crippen molar-refractivity contribution in [2.75, 3.05) is 5.73 Å². The maximum Gasteiger partial charge on any atom is 0.168 e. The van der Waals surface area contributed by atoms with Gasteiger partial charge in [0.1, 0.15) is 18.2 Å². The molecule has 2 aromatic rings. The van der Waals surface area contributed by atoms with Gasteiger partial charge in [-0.25, -0.2) is 9.97 Å². The minimum atomic E-state index is 0.330. The van der Waals surface area contributed by atoms with Crippen molar-refractivity contribution in [2.45, 2.75) is 34.3 Å². The van der Waals surface area contributed by atoms with Gasteiger partial charge in [-0.15, -0.1) is 0 Å². The Labute approximate surface area is 113 Å². The third kappa shape index (κ3) is 3.02. The molecule has 0 aliphatic carbocycles. The summed E-state index contributed by atoms with van der Waals surface area (Å²) < 4.78 is 5.86. The van der Waals surface area contributed by atoms with Crippen molar-refractivity contribution in [3.05, 3.63) is 46.4 Å². The van der Waals surface area contributed by atoms with Crippen molar-refractivity contribution in [3.63, 3.8) is 0 Å². The minimum Gasteiger partial charge on any atom is -0.485 e. The Balaban J connectivity index is 2.21. The first-order chi connectivity index (χ1) is 8.97. The Hall–Kier alpha value is -2.10. The average Bonchev–Trinajstić information content (AvgIpc) is 2.33. The van der Waals surface area contributed by atoms with Gasteiger partial charge >= 0.3 is 0 Å². The zero-order chi connectivity index (χ0) is 14.0. The lowest BCUT2D eigenvalue weighted by Gasteiger charge is -2.13. The van der Waals surface area contributed by atoms with Crippen LogP contribution < -0.4 is 10.5 Å². The van der Waals surface area contributed by atoms with E-state index in [1.807, 2.05) is 13.8 Å². The Kier molecular flexibility index (Phi) is 3.69. The number of anilines is 1. The molecule has 0 fully saturated rings. The van der Waals surface area contributed by atoms with Crippen LogP contribution in [-0.2, 0) is 6.61 Å². The van der Waals surface area contributed by atoms with Gasteiger partial charge in [0.15, 0.2) is 5.82 Å². The smallest absolute Gasteiger partial charge is 0.168 e. The molecule has 1 aromatic carbocycles. The van der Waals surface area contributed by atoms with Crippen LogP contribution in [0, 0.1) is 27.7 Å². The highest BCUT2D eigenvalue weighted by atomic mass is 16.5. The summed E-state index contributed by atoms with van der Waals surface area (Å²) in [6.07, 6.45) is 0. The van der Waals surface area contributed by atoms with Crippen LogP contribution in [0.1, 0.15) is 28.2 Å². The Morgan fingerprint density at radius 3 is 2.42 bits per heavy atom. The third-order valence-electron chi connectivity index (χ3n) is 3.14. The van der Waals surface area contributed by atoms with Crippen LogP contribution in [0.4, 0.5) is 5.82 Å². The van der Waals surface area contributed by atoms with E-state index in [9.17, 15) is 0 Å². The van der Waals surface area contributed by atoms with Crippen molar-refractivity contribution in [1.82, 2.24) is 9.97 Å². The normalized spacial score (nSPS) is 10.5. The highest BCUT2D eigenvalue weighted by Crippen LogP contribution is 2.26. The van der Waals surface area contributed by atoms with Gasteiger partial charge in [-0.2, -0.15) is 0 Å². The lowest BCUT2D eigenvalue weighted by atomic mass is 10.1. The SMILES string of the molecule is Cc1cc(N)nc(COc2c(C)ccc(C)c2C)n1. The Morgan fingerprint density at radius 2 is 1.74 bits per heavy atom. The lowest BCUT2D eigenvalue weighted by molar-refractivity contribution is 0.291. The molecule has 0 aliphatic heterocycles. The molecular weight excluding hydrogens is 238 g/mol. The molecule has 100 valence electrons. The molecule has 0 atom stereocenters. The first kappa shape index (κ1) is 13.3. The van der Waals surface area contributed by atoms with Crippen LogP contribution in [0.3, 0.4) is 0 Å². The number of nitrogens with two attached hydrogens (primary N) is 1. The first-order valence-corrected chi connectivity index (χ1v) is 6.27. The third-order valence-corrected chi connectivity index (χ3v) is 3.14. The molecule has 0 amide bonds. The number of rotatable bonds is 3. The number of ether oxygens (including phenoxy) is 1. The first-order valence-electron chi connectivity index (χ1n) is 6.27. The summed E-state index contributed by atoms with van der Waals surface area (Å²) in [5, 5.41) is 0. The van der Waals surface area contributed by atoms with Gasteiger partial charge < -0.3 is 10.5 Å². The maximum atomic E-state index is 5.86. The summed E-state index contributed by atoms with van der Waals surface area (Å²) in [5.74, 6) is 1.99. The molecule has 2 N–H and O–H groups in total. The van der Waals surface area contributed by atoms with Gasteiger partial charge in [0.25, 0.3) is 0 Å². The summed E-state index contributed by atoms with van der Waals surface area (Å²) in [4.78, 5) is 8.49. The summed E-state index contributed by atoms with van der Waals surface area (Å²) >= 11 is 0. The zero-order valence-electron chi connectivity index (χ0n) is 11.8. The van der Waals surface area contributed by atoms with E-state index in [1.54, 1.807) is 6.07 Å². The maximum absolute atomic E-state index is 5.86. The molecule has 0 aliphatic rings. The number of hydrogen-bond acceptors (Lipinski definition) is 4. The van der Waals surface area contributed by atoms with Crippen molar-refractivity contribution < 1.29 is 4.74 Å². The molecule has 1 aromatic heterocycles. The quantitative estimate of drug-likeness (QED) is 0.918. The van der Waals surface area contributed by atoms with Crippen molar-refractivity contribution in [2.24, 2.45) is 0 Å². The summed E-state index contributed by atoms with van der Waals surface area (Å²) in [7, 11) is 0. The summed E-state index contributed by atoms with van der Waals surface area (Å²) in [6.45, 7) is 8.39. The summed E-state index contributed by atoms with van der Waals surface area (Å²) in [5.41, 5.74) is 10.0. The molecule has 0 saturated heterocycles. The lowest BCUT2D eigenvalue weighted by Crippen LogP contribution is -2.06. The zero-order valence-corrected chi connectivity index (χ0v) is 11.8. The number of aryl methyl sites for hydroxylation is 3. The van der Waals surface area contributed by atoms with E-state index in [0.717, 1.165) is 22.6 Å². The molecule has 19 heavy (non-hydrogen) atoms. The number of hydrogen-bond donors (Lipinski definition) is 1. The predicted octanol–water partition coefficient (Wildman–Crippen LogP) is 2.87. The Bertz CT molecular complexity index is 588. The fourth-order valence-electron chi connectivity index (χ4n) is 2.01. The minimum absolute atomic E-state index is 0.330. The fourth-order valence-corrected chi connectivity index (χ4v) is 2.01. The second-order valence-electron chi connectivity index (χ2n) is 4.79. The molecule has 0 spiro atoms. The monoisotopic (exact) mass is 257 g/mol. The molecule has 0 bridgehead atoms. The van der Waals surface area contributed by atoms with Gasteiger partial charge in [0.2, 0.25) is 0 Å². The number of nitrogen functional groups attached to an aromatic ring is 1. The van der Waals surface area contributed by atoms with E-state index in [-0.39, 0.29) is 0 Å². The van der Waals surface area contributed by atoms with Gasteiger partial charge in [-0.05, 0) is 44.4 Å². The van der Waals surface area contributed by atoms with Crippen LogP contribution in [0.2, 0.25) is 0 Å². The molecule has 4 heteroatoms.